The lowest BCUT2D eigenvalue weighted by Crippen LogP contribution is -2.45. The Morgan fingerprint density at radius 3 is 2.76 bits per heavy atom. The first-order chi connectivity index (χ1) is 16.1. The summed E-state index contributed by atoms with van der Waals surface area (Å²) in [5.74, 6) is 1.07. The van der Waals surface area contributed by atoms with E-state index in [-0.39, 0.29) is 0 Å². The monoisotopic (exact) mass is 446 g/mol. The summed E-state index contributed by atoms with van der Waals surface area (Å²) in [6.45, 7) is 3.57. The maximum Gasteiger partial charge on any atom is 0.150 e. The largest absolute Gasteiger partial charge is 0.489 e. The topological polar surface area (TPSA) is 140 Å². The average molecular weight is 447 g/mol. The van der Waals surface area contributed by atoms with Crippen molar-refractivity contribution >= 4 is 22.5 Å². The zero-order chi connectivity index (χ0) is 22.8. The molecule has 0 amide bonds. The molecule has 6 N–H and O–H groups in total. The smallest absolute Gasteiger partial charge is 0.150 e. The van der Waals surface area contributed by atoms with E-state index in [1.54, 1.807) is 18.5 Å². The molecule has 1 atom stereocenters. The van der Waals surface area contributed by atoms with E-state index >= 15 is 0 Å². The van der Waals surface area contributed by atoms with Crippen LogP contribution in [0.4, 0.5) is 11.5 Å². The van der Waals surface area contributed by atoms with Crippen LogP contribution in [0.3, 0.4) is 0 Å². The number of nitrogens with two attached hydrogens (primary N) is 2. The van der Waals surface area contributed by atoms with Gasteiger partial charge in [-0.3, -0.25) is 14.5 Å². The molecule has 4 heterocycles. The molecule has 1 fully saturated rings. The fraction of sp³-hybridized carbons (Fsp3) is 0.261. The summed E-state index contributed by atoms with van der Waals surface area (Å²) >= 11 is 0. The van der Waals surface area contributed by atoms with Gasteiger partial charge in [0.05, 0.1) is 17.3 Å². The van der Waals surface area contributed by atoms with Crippen LogP contribution in [-0.2, 0) is 6.61 Å². The van der Waals surface area contributed by atoms with Crippen LogP contribution in [0.5, 0.6) is 5.75 Å². The number of pyridine rings is 1. The van der Waals surface area contributed by atoms with E-state index in [4.69, 9.17) is 16.2 Å². The first-order valence-corrected chi connectivity index (χ1v) is 10.8. The normalized spacial score (nSPS) is 15.5. The van der Waals surface area contributed by atoms with Crippen LogP contribution in [0, 0.1) is 0 Å². The van der Waals surface area contributed by atoms with Gasteiger partial charge in [0, 0.05) is 61.5 Å². The zero-order valence-corrected chi connectivity index (χ0v) is 18.1. The number of anilines is 2. The molecule has 1 aliphatic rings. The van der Waals surface area contributed by atoms with E-state index in [2.05, 4.69) is 20.3 Å². The number of nitrogens with one attached hydrogen (secondary N) is 1. The van der Waals surface area contributed by atoms with Gasteiger partial charge < -0.3 is 26.6 Å². The highest BCUT2D eigenvalue weighted by Gasteiger charge is 2.21. The van der Waals surface area contributed by atoms with E-state index in [1.807, 2.05) is 39.9 Å². The fourth-order valence-corrected chi connectivity index (χ4v) is 4.03. The summed E-state index contributed by atoms with van der Waals surface area (Å²) in [4.78, 5) is 14.7. The van der Waals surface area contributed by atoms with Gasteiger partial charge in [0.25, 0.3) is 0 Å². The molecule has 0 spiro atoms. The second-order valence-corrected chi connectivity index (χ2v) is 7.97. The van der Waals surface area contributed by atoms with Gasteiger partial charge in [-0.2, -0.15) is 0 Å². The molecule has 170 valence electrons. The maximum atomic E-state index is 10.7. The molecule has 33 heavy (non-hydrogen) atoms. The number of ether oxygens (including phenoxy) is 1. The lowest BCUT2D eigenvalue weighted by molar-refractivity contribution is -0.00493. The fourth-order valence-electron chi connectivity index (χ4n) is 4.03. The van der Waals surface area contributed by atoms with Gasteiger partial charge in [0.2, 0.25) is 0 Å². The van der Waals surface area contributed by atoms with Crippen molar-refractivity contribution in [1.29, 1.82) is 0 Å². The zero-order valence-electron chi connectivity index (χ0n) is 18.1. The van der Waals surface area contributed by atoms with Crippen molar-refractivity contribution in [2.24, 2.45) is 0 Å². The molecule has 5 rings (SSSR count). The van der Waals surface area contributed by atoms with Crippen molar-refractivity contribution < 1.29 is 9.84 Å². The molecule has 1 aromatic carbocycles. The SMILES string of the molecule is Nc1cc(OCc2cncc(-n3ccc4c(N)ncnc43)c2)ccc1C(O)N1CCNCC1. The van der Waals surface area contributed by atoms with Crippen LogP contribution < -0.4 is 21.5 Å². The number of aliphatic hydroxyl groups is 1. The lowest BCUT2D eigenvalue weighted by Gasteiger charge is -2.32. The minimum absolute atomic E-state index is 0.316. The summed E-state index contributed by atoms with van der Waals surface area (Å²) in [6.07, 6.45) is 6.12. The highest BCUT2D eigenvalue weighted by Crippen LogP contribution is 2.28. The number of hydrogen-bond acceptors (Lipinski definition) is 9. The Morgan fingerprint density at radius 2 is 1.94 bits per heavy atom. The van der Waals surface area contributed by atoms with Crippen molar-refractivity contribution in [3.05, 3.63) is 66.4 Å². The van der Waals surface area contributed by atoms with Gasteiger partial charge in [-0.05, 0) is 24.3 Å². The van der Waals surface area contributed by atoms with Crippen LogP contribution >= 0.6 is 0 Å². The van der Waals surface area contributed by atoms with E-state index in [0.29, 0.717) is 35.1 Å². The minimum Gasteiger partial charge on any atom is -0.489 e. The quantitative estimate of drug-likeness (QED) is 0.324. The summed E-state index contributed by atoms with van der Waals surface area (Å²) in [7, 11) is 0. The average Bonchev–Trinajstić information content (AvgIpc) is 3.29. The molecule has 0 radical (unpaired) electrons. The third kappa shape index (κ3) is 4.31. The number of nitrogens with zero attached hydrogens (tertiary/aromatic N) is 5. The maximum absolute atomic E-state index is 10.7. The van der Waals surface area contributed by atoms with E-state index < -0.39 is 6.23 Å². The Labute approximate surface area is 190 Å². The minimum atomic E-state index is -0.726. The number of piperazine rings is 1. The first-order valence-electron chi connectivity index (χ1n) is 10.8. The van der Waals surface area contributed by atoms with Gasteiger partial charge in [0.1, 0.15) is 36.4 Å². The molecule has 0 saturated carbocycles. The second kappa shape index (κ2) is 9.02. The second-order valence-electron chi connectivity index (χ2n) is 7.97. The van der Waals surface area contributed by atoms with Crippen molar-refractivity contribution in [2.75, 3.05) is 37.6 Å². The molecule has 1 unspecified atom stereocenters. The number of benzene rings is 1. The lowest BCUT2D eigenvalue weighted by atomic mass is 10.1. The molecule has 10 heteroatoms. The Bertz CT molecular complexity index is 1270. The number of aromatic nitrogens is 4. The molecule has 0 aliphatic carbocycles. The number of hydrogen-bond donors (Lipinski definition) is 4. The van der Waals surface area contributed by atoms with Crippen molar-refractivity contribution in [3.8, 4) is 11.4 Å². The van der Waals surface area contributed by atoms with Crippen LogP contribution in [0.15, 0.2) is 55.2 Å². The third-order valence-electron chi connectivity index (χ3n) is 5.81. The van der Waals surface area contributed by atoms with Gasteiger partial charge in [0.15, 0.2) is 0 Å². The number of nitrogen functional groups attached to an aromatic ring is 2. The molecular formula is C23H26N8O2. The van der Waals surface area contributed by atoms with Crippen molar-refractivity contribution in [1.82, 2.24) is 29.7 Å². The van der Waals surface area contributed by atoms with Crippen LogP contribution in [0.25, 0.3) is 16.7 Å². The Morgan fingerprint density at radius 1 is 1.09 bits per heavy atom. The highest BCUT2D eigenvalue weighted by atomic mass is 16.5. The number of rotatable bonds is 6. The summed E-state index contributed by atoms with van der Waals surface area (Å²) in [5, 5.41) is 14.8. The number of aliphatic hydroxyl groups excluding tert-OH is 1. The predicted octanol–water partition coefficient (Wildman–Crippen LogP) is 1.45. The van der Waals surface area contributed by atoms with Gasteiger partial charge >= 0.3 is 0 Å². The molecule has 3 aromatic heterocycles. The highest BCUT2D eigenvalue weighted by molar-refractivity contribution is 5.87. The molecule has 10 nitrogen and oxygen atoms in total. The first kappa shape index (κ1) is 21.1. The van der Waals surface area contributed by atoms with E-state index in [9.17, 15) is 5.11 Å². The van der Waals surface area contributed by atoms with Gasteiger partial charge in [-0.1, -0.05) is 0 Å². The van der Waals surface area contributed by atoms with Gasteiger partial charge in [-0.15, -0.1) is 0 Å². The third-order valence-corrected chi connectivity index (χ3v) is 5.81. The van der Waals surface area contributed by atoms with Crippen LogP contribution in [-0.4, -0.2) is 55.7 Å². The standard InChI is InChI=1S/C23H26N8O2/c24-20-10-17(1-2-18(20)23(32)30-7-4-26-5-8-30)33-13-15-9-16(12-27-11-15)31-6-3-19-21(25)28-14-29-22(19)31/h1-3,6,9-12,14,23,26,32H,4-5,7-8,13,24H2,(H2,25,28,29). The Balaban J connectivity index is 1.30. The van der Waals surface area contributed by atoms with Crippen LogP contribution in [0.2, 0.25) is 0 Å². The van der Waals surface area contributed by atoms with Crippen LogP contribution in [0.1, 0.15) is 17.4 Å². The number of fused-ring (bicyclic) bond motifs is 1. The summed E-state index contributed by atoms with van der Waals surface area (Å²) in [6, 6.07) is 9.26. The molecular weight excluding hydrogens is 420 g/mol. The van der Waals surface area contributed by atoms with Crippen molar-refractivity contribution in [3.63, 3.8) is 0 Å². The predicted molar refractivity (Wildman–Crippen MR) is 126 cm³/mol. The summed E-state index contributed by atoms with van der Waals surface area (Å²) < 4.78 is 7.86. The van der Waals surface area contributed by atoms with Crippen molar-refractivity contribution in [2.45, 2.75) is 12.8 Å². The van der Waals surface area contributed by atoms with Gasteiger partial charge in [-0.25, -0.2) is 9.97 Å². The molecule has 0 bridgehead atoms. The summed E-state index contributed by atoms with van der Waals surface area (Å²) in [5.41, 5.74) is 15.8. The molecule has 1 aliphatic heterocycles. The molecule has 1 saturated heterocycles. The molecule has 4 aromatic rings. The Hall–Kier alpha value is -3.73. The van der Waals surface area contributed by atoms with E-state index in [1.165, 1.54) is 6.33 Å². The Kier molecular flexibility index (Phi) is 5.78. The van der Waals surface area contributed by atoms with E-state index in [0.717, 1.165) is 42.8 Å².